The first kappa shape index (κ1) is 16.5. The number of nitrogens with one attached hydrogen (secondary N) is 1. The molecule has 1 aromatic carbocycles. The number of alkyl halides is 3. The summed E-state index contributed by atoms with van der Waals surface area (Å²) in [5, 5.41) is 6.22. The van der Waals surface area contributed by atoms with Crippen LogP contribution < -0.4 is 5.32 Å². The number of halogens is 3. The van der Waals surface area contributed by atoms with E-state index in [2.05, 4.69) is 20.0 Å². The second-order valence-corrected chi connectivity index (χ2v) is 5.98. The van der Waals surface area contributed by atoms with Crippen molar-refractivity contribution in [3.63, 3.8) is 0 Å². The predicted molar refractivity (Wildman–Crippen MR) is 78.7 cm³/mol. The Morgan fingerprint density at radius 1 is 1.33 bits per heavy atom. The minimum absolute atomic E-state index is 0.0885. The zero-order valence-electron chi connectivity index (χ0n) is 12.9. The molecule has 2 atom stereocenters. The van der Waals surface area contributed by atoms with Crippen LogP contribution in [0.15, 0.2) is 28.8 Å². The Labute approximate surface area is 136 Å². The molecule has 5 nitrogen and oxygen atoms in total. The molecule has 0 radical (unpaired) electrons. The van der Waals surface area contributed by atoms with E-state index in [-0.39, 0.29) is 17.6 Å². The molecule has 1 amide bonds. The quantitative estimate of drug-likeness (QED) is 0.909. The number of carbonyl (C=O) groups excluding carboxylic acids is 1. The summed E-state index contributed by atoms with van der Waals surface area (Å²) in [5.74, 6) is -0.761. The number of hydrogen-bond donors (Lipinski definition) is 1. The minimum atomic E-state index is -4.65. The lowest BCUT2D eigenvalue weighted by atomic mass is 10.1. The summed E-state index contributed by atoms with van der Waals surface area (Å²) in [7, 11) is 0. The third-order valence-electron chi connectivity index (χ3n) is 4.04. The van der Waals surface area contributed by atoms with Crippen LogP contribution in [0.3, 0.4) is 0 Å². The highest BCUT2D eigenvalue weighted by molar-refractivity contribution is 5.81. The molecule has 0 spiro atoms. The molecule has 1 heterocycles. The van der Waals surface area contributed by atoms with E-state index in [1.54, 1.807) is 24.3 Å². The fourth-order valence-corrected chi connectivity index (χ4v) is 2.42. The lowest BCUT2D eigenvalue weighted by molar-refractivity contribution is -0.159. The van der Waals surface area contributed by atoms with E-state index in [9.17, 15) is 18.0 Å². The number of aromatic nitrogens is 2. The van der Waals surface area contributed by atoms with E-state index < -0.39 is 12.1 Å². The van der Waals surface area contributed by atoms with Crippen molar-refractivity contribution in [2.75, 3.05) is 6.54 Å². The Morgan fingerprint density at radius 2 is 2.00 bits per heavy atom. The van der Waals surface area contributed by atoms with Gasteiger partial charge in [0, 0.05) is 18.0 Å². The molecule has 1 aliphatic rings. The van der Waals surface area contributed by atoms with Gasteiger partial charge in [0.1, 0.15) is 0 Å². The molecule has 0 bridgehead atoms. The smallest absolute Gasteiger partial charge is 0.356 e. The van der Waals surface area contributed by atoms with E-state index in [0.717, 1.165) is 12.0 Å². The van der Waals surface area contributed by atoms with Crippen molar-refractivity contribution >= 4 is 5.91 Å². The third-order valence-corrected chi connectivity index (χ3v) is 4.04. The molecule has 1 aromatic heterocycles. The molecule has 1 fully saturated rings. The largest absolute Gasteiger partial charge is 0.471 e. The number of amides is 1. The molecule has 128 valence electrons. The van der Waals surface area contributed by atoms with E-state index in [0.29, 0.717) is 24.4 Å². The highest BCUT2D eigenvalue weighted by atomic mass is 19.4. The number of carbonyl (C=O) groups is 1. The Morgan fingerprint density at radius 3 is 2.54 bits per heavy atom. The molecule has 1 N–H and O–H groups in total. The van der Waals surface area contributed by atoms with Gasteiger partial charge in [0.2, 0.25) is 11.7 Å². The molecule has 3 rings (SSSR count). The Kier molecular flexibility index (Phi) is 4.29. The number of rotatable bonds is 5. The normalized spacial score (nSPS) is 20.0. The van der Waals surface area contributed by atoms with Crippen LogP contribution in [0.5, 0.6) is 0 Å². The van der Waals surface area contributed by atoms with Gasteiger partial charge in [0.15, 0.2) is 0 Å². The molecule has 2 aromatic rings. The molecule has 8 heteroatoms. The molecule has 2 unspecified atom stereocenters. The highest BCUT2D eigenvalue weighted by Gasteiger charge is 2.39. The molecule has 0 aliphatic heterocycles. The Balaban J connectivity index is 1.55. The van der Waals surface area contributed by atoms with E-state index in [1.165, 1.54) is 0 Å². The first-order chi connectivity index (χ1) is 11.3. The molecular weight excluding hydrogens is 323 g/mol. The Bertz CT molecular complexity index is 725. The first-order valence-electron chi connectivity index (χ1n) is 7.62. The van der Waals surface area contributed by atoms with Gasteiger partial charge in [-0.05, 0) is 24.3 Å². The van der Waals surface area contributed by atoms with E-state index >= 15 is 0 Å². The van der Waals surface area contributed by atoms with Crippen LogP contribution in [-0.2, 0) is 17.4 Å². The van der Waals surface area contributed by atoms with E-state index in [4.69, 9.17) is 0 Å². The van der Waals surface area contributed by atoms with Crippen molar-refractivity contribution < 1.29 is 22.5 Å². The summed E-state index contributed by atoms with van der Waals surface area (Å²) in [5.41, 5.74) is 1.40. The predicted octanol–water partition coefficient (Wildman–Crippen LogP) is 3.07. The van der Waals surface area contributed by atoms with Crippen molar-refractivity contribution in [1.82, 2.24) is 15.5 Å². The second kappa shape index (κ2) is 6.26. The average Bonchev–Trinajstić information content (AvgIpc) is 3.06. The first-order valence-corrected chi connectivity index (χ1v) is 7.62. The van der Waals surface area contributed by atoms with Crippen molar-refractivity contribution in [3.8, 4) is 11.4 Å². The fourth-order valence-electron chi connectivity index (χ4n) is 2.42. The lowest BCUT2D eigenvalue weighted by Crippen LogP contribution is -2.27. The van der Waals surface area contributed by atoms with Gasteiger partial charge in [-0.2, -0.15) is 18.2 Å². The molecule has 1 aliphatic carbocycles. The van der Waals surface area contributed by atoms with Crippen LogP contribution in [0.4, 0.5) is 13.2 Å². The van der Waals surface area contributed by atoms with E-state index in [1.807, 2.05) is 6.92 Å². The summed E-state index contributed by atoms with van der Waals surface area (Å²) in [6.07, 6.45) is -3.05. The van der Waals surface area contributed by atoms with Gasteiger partial charge in [-0.1, -0.05) is 36.3 Å². The fraction of sp³-hybridized carbons (Fsp3) is 0.438. The standard InChI is InChI=1S/C16H16F3N3O2/c1-9-8-12(9)14(23)20-7-6-10-2-4-11(5-3-10)13-21-15(24-22-13)16(17,18)19/h2-5,9,12H,6-8H2,1H3,(H,20,23). The summed E-state index contributed by atoms with van der Waals surface area (Å²) in [6.45, 7) is 2.58. The molecule has 24 heavy (non-hydrogen) atoms. The summed E-state index contributed by atoms with van der Waals surface area (Å²) in [6, 6.07) is 6.80. The van der Waals surface area contributed by atoms with Crippen LogP contribution in [0.25, 0.3) is 11.4 Å². The van der Waals surface area contributed by atoms with Crippen LogP contribution in [0.2, 0.25) is 0 Å². The van der Waals surface area contributed by atoms with Crippen molar-refractivity contribution in [1.29, 1.82) is 0 Å². The van der Waals surface area contributed by atoms with Crippen molar-refractivity contribution in [2.24, 2.45) is 11.8 Å². The highest BCUT2D eigenvalue weighted by Crippen LogP contribution is 2.37. The van der Waals surface area contributed by atoms with Crippen LogP contribution in [0, 0.1) is 11.8 Å². The van der Waals surface area contributed by atoms with Gasteiger partial charge >= 0.3 is 12.1 Å². The second-order valence-electron chi connectivity index (χ2n) is 5.98. The molecule has 1 saturated carbocycles. The maximum Gasteiger partial charge on any atom is 0.471 e. The topological polar surface area (TPSA) is 68.0 Å². The number of nitrogens with zero attached hydrogens (tertiary/aromatic N) is 2. The SMILES string of the molecule is CC1CC1C(=O)NCCc1ccc(-c2noc(C(F)(F)F)n2)cc1. The summed E-state index contributed by atoms with van der Waals surface area (Å²) in [4.78, 5) is 15.0. The van der Waals surface area contributed by atoms with Gasteiger partial charge in [-0.3, -0.25) is 4.79 Å². The van der Waals surface area contributed by atoms with Crippen LogP contribution in [0.1, 0.15) is 24.8 Å². The van der Waals surface area contributed by atoms with Gasteiger partial charge in [0.25, 0.3) is 0 Å². The Hall–Kier alpha value is -2.38. The maximum atomic E-state index is 12.4. The van der Waals surface area contributed by atoms with Gasteiger partial charge in [0.05, 0.1) is 0 Å². The lowest BCUT2D eigenvalue weighted by Gasteiger charge is -2.05. The van der Waals surface area contributed by atoms with Crippen LogP contribution in [-0.4, -0.2) is 22.6 Å². The van der Waals surface area contributed by atoms with Crippen molar-refractivity contribution in [3.05, 3.63) is 35.7 Å². The average molecular weight is 339 g/mol. The van der Waals surface area contributed by atoms with Gasteiger partial charge in [-0.15, -0.1) is 0 Å². The molecular formula is C16H16F3N3O2. The van der Waals surface area contributed by atoms with Crippen LogP contribution >= 0.6 is 0 Å². The maximum absolute atomic E-state index is 12.4. The van der Waals surface area contributed by atoms with Gasteiger partial charge in [-0.25, -0.2) is 0 Å². The number of benzene rings is 1. The summed E-state index contributed by atoms with van der Waals surface area (Å²) >= 11 is 0. The minimum Gasteiger partial charge on any atom is -0.356 e. The molecule has 0 saturated heterocycles. The number of hydrogen-bond acceptors (Lipinski definition) is 4. The third kappa shape index (κ3) is 3.74. The summed E-state index contributed by atoms with van der Waals surface area (Å²) < 4.78 is 41.5. The van der Waals surface area contributed by atoms with Gasteiger partial charge < -0.3 is 9.84 Å². The monoisotopic (exact) mass is 339 g/mol. The van der Waals surface area contributed by atoms with Crippen molar-refractivity contribution in [2.45, 2.75) is 25.9 Å². The zero-order valence-corrected chi connectivity index (χ0v) is 12.9. The zero-order chi connectivity index (χ0) is 17.3.